The van der Waals surface area contributed by atoms with Crippen LogP contribution in [0.25, 0.3) is 0 Å². The highest BCUT2D eigenvalue weighted by Crippen LogP contribution is 2.28. The molecule has 0 unspecified atom stereocenters. The number of ether oxygens (including phenoxy) is 1. The van der Waals surface area contributed by atoms with E-state index in [1.54, 1.807) is 4.90 Å². The molecule has 2 aromatic rings. The predicted molar refractivity (Wildman–Crippen MR) is 114 cm³/mol. The highest BCUT2D eigenvalue weighted by Gasteiger charge is 2.28. The van der Waals surface area contributed by atoms with Crippen molar-refractivity contribution in [3.63, 3.8) is 0 Å². The van der Waals surface area contributed by atoms with Crippen LogP contribution in [0.15, 0.2) is 33.9 Å². The second-order valence-electron chi connectivity index (χ2n) is 7.79. The van der Waals surface area contributed by atoms with Crippen molar-refractivity contribution < 1.29 is 9.53 Å². The molecule has 2 heterocycles. The van der Waals surface area contributed by atoms with Gasteiger partial charge in [0.1, 0.15) is 12.3 Å². The first-order valence-electron chi connectivity index (χ1n) is 10.3. The van der Waals surface area contributed by atoms with Gasteiger partial charge in [-0.15, -0.1) is 5.10 Å². The van der Waals surface area contributed by atoms with Crippen LogP contribution in [0.1, 0.15) is 34.6 Å². The van der Waals surface area contributed by atoms with E-state index < -0.39 is 11.1 Å². The number of aromatic nitrogens is 3. The Morgan fingerprint density at radius 1 is 1.07 bits per heavy atom. The molecule has 0 saturated heterocycles. The maximum atomic E-state index is 12.8. The average molecular weight is 415 g/mol. The van der Waals surface area contributed by atoms with Gasteiger partial charge in [-0.2, -0.15) is 0 Å². The van der Waals surface area contributed by atoms with E-state index in [1.165, 1.54) is 4.57 Å². The van der Waals surface area contributed by atoms with Crippen molar-refractivity contribution in [2.24, 2.45) is 0 Å². The molecule has 1 amide bonds. The van der Waals surface area contributed by atoms with Crippen molar-refractivity contribution >= 4 is 17.5 Å². The predicted octanol–water partition coefficient (Wildman–Crippen LogP) is 1.60. The van der Waals surface area contributed by atoms with Crippen LogP contribution in [-0.4, -0.2) is 50.4 Å². The third-order valence-electron chi connectivity index (χ3n) is 5.05. The van der Waals surface area contributed by atoms with Crippen molar-refractivity contribution in [2.75, 3.05) is 18.1 Å². The summed E-state index contributed by atoms with van der Waals surface area (Å²) in [7, 11) is 0. The third-order valence-corrected chi connectivity index (χ3v) is 5.05. The molecule has 162 valence electrons. The minimum Gasteiger partial charge on any atom is -0.494 e. The van der Waals surface area contributed by atoms with Crippen LogP contribution in [-0.2, 0) is 17.9 Å². The lowest BCUT2D eigenvalue weighted by atomic mass is 10.2. The topological polar surface area (TPSA) is 89.7 Å². The van der Waals surface area contributed by atoms with Crippen molar-refractivity contribution in [3.8, 4) is 5.75 Å². The molecular weight excluding hydrogens is 386 g/mol. The van der Waals surface area contributed by atoms with Gasteiger partial charge in [0.15, 0.2) is 0 Å². The number of hydrogen-bond donors (Lipinski definition) is 0. The summed E-state index contributed by atoms with van der Waals surface area (Å²) >= 11 is 0. The average Bonchev–Trinajstić information content (AvgIpc) is 3.10. The molecule has 1 aliphatic heterocycles. The zero-order valence-corrected chi connectivity index (χ0v) is 18.2. The molecule has 0 fully saturated rings. The third kappa shape index (κ3) is 4.10. The standard InChI is InChI=1S/C21H29N5O4/c1-6-30-17-9-7-16(8-10-17)23-11-12-24-19(28)20(29)25(22-21(23)24)13-18(27)26(14(2)3)15(4)5/h7-10,14-15H,6,11-13H2,1-5H3. The first-order chi connectivity index (χ1) is 14.2. The number of benzene rings is 1. The number of fused-ring (bicyclic) bond motifs is 1. The van der Waals surface area contributed by atoms with Gasteiger partial charge in [0.05, 0.1) is 6.61 Å². The van der Waals surface area contributed by atoms with Gasteiger partial charge < -0.3 is 14.5 Å². The van der Waals surface area contributed by atoms with Gasteiger partial charge in [0.25, 0.3) is 0 Å². The lowest BCUT2D eigenvalue weighted by Crippen LogP contribution is -2.48. The van der Waals surface area contributed by atoms with E-state index in [9.17, 15) is 14.4 Å². The van der Waals surface area contributed by atoms with E-state index in [0.29, 0.717) is 25.6 Å². The van der Waals surface area contributed by atoms with E-state index in [2.05, 4.69) is 5.10 Å². The number of carbonyl (C=O) groups excluding carboxylic acids is 1. The lowest BCUT2D eigenvalue weighted by molar-refractivity contribution is -0.135. The summed E-state index contributed by atoms with van der Waals surface area (Å²) < 4.78 is 7.83. The van der Waals surface area contributed by atoms with Crippen molar-refractivity contribution in [3.05, 3.63) is 45.0 Å². The fourth-order valence-electron chi connectivity index (χ4n) is 3.85. The Balaban J connectivity index is 1.95. The molecular formula is C21H29N5O4. The van der Waals surface area contributed by atoms with Gasteiger partial charge in [0, 0.05) is 30.9 Å². The van der Waals surface area contributed by atoms with Crippen LogP contribution in [0, 0.1) is 0 Å². The zero-order chi connectivity index (χ0) is 22.0. The zero-order valence-electron chi connectivity index (χ0n) is 18.2. The summed E-state index contributed by atoms with van der Waals surface area (Å²) in [4.78, 5) is 41.5. The summed E-state index contributed by atoms with van der Waals surface area (Å²) in [6, 6.07) is 7.41. The van der Waals surface area contributed by atoms with Crippen LogP contribution >= 0.6 is 0 Å². The van der Waals surface area contributed by atoms with Crippen molar-refractivity contribution in [1.29, 1.82) is 0 Å². The fourth-order valence-corrected chi connectivity index (χ4v) is 3.85. The Morgan fingerprint density at radius 3 is 2.27 bits per heavy atom. The van der Waals surface area contributed by atoms with E-state index in [-0.39, 0.29) is 24.5 Å². The molecule has 3 rings (SSSR count). The summed E-state index contributed by atoms with van der Waals surface area (Å²) in [6.45, 7) is 10.8. The number of anilines is 2. The molecule has 0 radical (unpaired) electrons. The normalized spacial score (nSPS) is 13.1. The van der Waals surface area contributed by atoms with Crippen molar-refractivity contribution in [1.82, 2.24) is 19.2 Å². The Morgan fingerprint density at radius 2 is 1.70 bits per heavy atom. The smallest absolute Gasteiger partial charge is 0.333 e. The van der Waals surface area contributed by atoms with Crippen LogP contribution in [0.4, 0.5) is 11.6 Å². The van der Waals surface area contributed by atoms with E-state index >= 15 is 0 Å². The van der Waals surface area contributed by atoms with Gasteiger partial charge in [-0.25, -0.2) is 4.68 Å². The SMILES string of the molecule is CCOc1ccc(N2CCn3c2nn(CC(=O)N(C(C)C)C(C)C)c(=O)c3=O)cc1. The van der Waals surface area contributed by atoms with E-state index in [1.807, 2.05) is 63.8 Å². The Bertz CT molecular complexity index is 1020. The van der Waals surface area contributed by atoms with Crippen LogP contribution < -0.4 is 20.8 Å². The molecule has 9 nitrogen and oxygen atoms in total. The Hall–Kier alpha value is -3.10. The molecule has 9 heteroatoms. The highest BCUT2D eigenvalue weighted by molar-refractivity contribution is 5.76. The van der Waals surface area contributed by atoms with Crippen LogP contribution in [0.5, 0.6) is 5.75 Å². The van der Waals surface area contributed by atoms with Crippen LogP contribution in [0.2, 0.25) is 0 Å². The maximum Gasteiger partial charge on any atom is 0.333 e. The second-order valence-corrected chi connectivity index (χ2v) is 7.79. The van der Waals surface area contributed by atoms with Gasteiger partial charge in [-0.1, -0.05) is 0 Å². The molecule has 1 aliphatic rings. The summed E-state index contributed by atoms with van der Waals surface area (Å²) in [5.41, 5.74) is -0.617. The first kappa shape index (κ1) is 21.6. The molecule has 0 atom stereocenters. The molecule has 1 aromatic carbocycles. The summed E-state index contributed by atoms with van der Waals surface area (Å²) in [5.74, 6) is 0.866. The molecule has 0 aliphatic carbocycles. The van der Waals surface area contributed by atoms with Crippen molar-refractivity contribution in [2.45, 2.75) is 59.8 Å². The van der Waals surface area contributed by atoms with Gasteiger partial charge >= 0.3 is 11.1 Å². The fraction of sp³-hybridized carbons (Fsp3) is 0.524. The molecule has 0 saturated carbocycles. The van der Waals surface area contributed by atoms with E-state index in [0.717, 1.165) is 16.1 Å². The number of hydrogen-bond acceptors (Lipinski definition) is 6. The second kappa shape index (κ2) is 8.73. The largest absolute Gasteiger partial charge is 0.494 e. The minimum absolute atomic E-state index is 0.0240. The molecule has 0 bridgehead atoms. The first-order valence-corrected chi connectivity index (χ1v) is 10.3. The lowest BCUT2D eigenvalue weighted by Gasteiger charge is -2.30. The van der Waals surface area contributed by atoms with Gasteiger partial charge in [-0.05, 0) is 58.9 Å². The van der Waals surface area contributed by atoms with Crippen LogP contribution in [0.3, 0.4) is 0 Å². The minimum atomic E-state index is -0.784. The Labute approximate surface area is 175 Å². The summed E-state index contributed by atoms with van der Waals surface area (Å²) in [6.07, 6.45) is 0. The Kier molecular flexibility index (Phi) is 6.28. The number of carbonyl (C=O) groups is 1. The number of rotatable bonds is 7. The molecule has 30 heavy (non-hydrogen) atoms. The number of amides is 1. The highest BCUT2D eigenvalue weighted by atomic mass is 16.5. The molecule has 0 N–H and O–H groups in total. The molecule has 1 aromatic heterocycles. The quantitative estimate of drug-likeness (QED) is 0.638. The van der Waals surface area contributed by atoms with Gasteiger partial charge in [0.2, 0.25) is 11.9 Å². The maximum absolute atomic E-state index is 12.8. The number of nitrogens with zero attached hydrogens (tertiary/aromatic N) is 5. The summed E-state index contributed by atoms with van der Waals surface area (Å²) in [5, 5.41) is 4.39. The monoisotopic (exact) mass is 415 g/mol. The van der Waals surface area contributed by atoms with Gasteiger partial charge in [-0.3, -0.25) is 19.0 Å². The molecule has 0 spiro atoms. The van der Waals surface area contributed by atoms with E-state index in [4.69, 9.17) is 4.74 Å².